The summed E-state index contributed by atoms with van der Waals surface area (Å²) < 4.78 is 3.18. The van der Waals surface area contributed by atoms with Gasteiger partial charge in [0.25, 0.3) is 0 Å². The smallest absolute Gasteiger partial charge is 0.160 e. The third-order valence-corrected chi connectivity index (χ3v) is 11.6. The first-order chi connectivity index (χ1) is 27.2. The topological polar surface area (TPSA) is 76.7 Å². The number of aromatic nitrogens is 5. The normalized spacial score (nSPS) is 11.8. The predicted molar refractivity (Wildman–Crippen MR) is 231 cm³/mol. The maximum atomic E-state index is 12.3. The maximum absolute atomic E-state index is 12.3. The summed E-state index contributed by atoms with van der Waals surface area (Å²) in [5.74, 6) is 1.56. The molecular weight excluding hydrogens is 902 g/mol. The van der Waals surface area contributed by atoms with Gasteiger partial charge in [0.2, 0.25) is 0 Å². The van der Waals surface area contributed by atoms with Gasteiger partial charge in [0.15, 0.2) is 5.82 Å². The Morgan fingerprint density at radius 1 is 0.684 bits per heavy atom. The number of rotatable bonds is 5. The first kappa shape index (κ1) is 36.6. The van der Waals surface area contributed by atoms with Crippen LogP contribution < -0.4 is 0 Å². The number of benzene rings is 6. The minimum Gasteiger partial charge on any atom is -0.506 e. The summed E-state index contributed by atoms with van der Waals surface area (Å²) >= 11 is 1.57. The number of imidazole rings is 1. The van der Waals surface area contributed by atoms with Crippen LogP contribution in [-0.4, -0.2) is 29.6 Å². The molecule has 57 heavy (non-hydrogen) atoms. The average Bonchev–Trinajstić information content (AvgIpc) is 3.81. The Balaban J connectivity index is 0.00000422. The van der Waals surface area contributed by atoms with Crippen molar-refractivity contribution in [1.29, 1.82) is 0 Å². The van der Waals surface area contributed by atoms with E-state index in [0.29, 0.717) is 17.2 Å². The number of hydrogen-bond donors (Lipinski definition) is 1. The van der Waals surface area contributed by atoms with Crippen molar-refractivity contribution in [3.63, 3.8) is 0 Å². The van der Waals surface area contributed by atoms with Crippen LogP contribution in [0.5, 0.6) is 5.75 Å². The van der Waals surface area contributed by atoms with E-state index in [-0.39, 0.29) is 26.8 Å². The van der Waals surface area contributed by atoms with E-state index < -0.39 is 5.54 Å². The zero-order chi connectivity index (χ0) is 38.1. The van der Waals surface area contributed by atoms with Crippen LogP contribution in [0.2, 0.25) is 0 Å². The van der Waals surface area contributed by atoms with E-state index in [1.165, 1.54) is 5.56 Å². The van der Waals surface area contributed by atoms with Gasteiger partial charge in [0.05, 0.1) is 21.3 Å². The Hall–Kier alpha value is -6.01. The van der Waals surface area contributed by atoms with Crippen molar-refractivity contribution in [2.24, 2.45) is 0 Å². The number of aryl methyl sites for hydroxylation is 1. The van der Waals surface area contributed by atoms with Crippen LogP contribution in [0, 0.1) is 13.0 Å². The van der Waals surface area contributed by atoms with E-state index in [0.717, 1.165) is 81.2 Å². The van der Waals surface area contributed by atoms with Crippen LogP contribution in [0.1, 0.15) is 26.3 Å². The number of thiophene rings is 1. The summed E-state index contributed by atoms with van der Waals surface area (Å²) in [6.45, 7) is 8.65. The third-order valence-electron chi connectivity index (χ3n) is 10.5. The molecule has 0 unspecified atom stereocenters. The van der Waals surface area contributed by atoms with Crippen molar-refractivity contribution >= 4 is 53.4 Å². The van der Waals surface area contributed by atoms with Gasteiger partial charge in [-0.25, -0.2) is 15.0 Å². The summed E-state index contributed by atoms with van der Waals surface area (Å²) in [5, 5.41) is 16.0. The van der Waals surface area contributed by atoms with Gasteiger partial charge in [-0.1, -0.05) is 114 Å². The van der Waals surface area contributed by atoms with Crippen LogP contribution >= 0.6 is 11.3 Å². The summed E-state index contributed by atoms with van der Waals surface area (Å²) in [6, 6.07) is 47.0. The van der Waals surface area contributed by atoms with Gasteiger partial charge in [-0.3, -0.25) is 4.98 Å². The zero-order valence-electron chi connectivity index (χ0n) is 31.7. The van der Waals surface area contributed by atoms with E-state index in [9.17, 15) is 5.11 Å². The van der Waals surface area contributed by atoms with Crippen LogP contribution in [-0.2, 0) is 26.6 Å². The molecule has 6 nitrogen and oxygen atoms in total. The molecule has 0 aliphatic heterocycles. The van der Waals surface area contributed by atoms with Crippen molar-refractivity contribution in [1.82, 2.24) is 24.5 Å². The molecule has 0 radical (unpaired) electrons. The molecule has 8 heteroatoms. The van der Waals surface area contributed by atoms with Crippen LogP contribution in [0.4, 0.5) is 0 Å². The Morgan fingerprint density at radius 2 is 1.42 bits per heavy atom. The molecule has 0 aliphatic rings. The molecule has 1 N–H and O–H groups in total. The maximum Gasteiger partial charge on any atom is 0.160 e. The van der Waals surface area contributed by atoms with E-state index >= 15 is 0 Å². The van der Waals surface area contributed by atoms with Crippen molar-refractivity contribution in [2.45, 2.75) is 33.2 Å². The average molecular weight is 938 g/mol. The number of nitrogens with zero attached hydrogens (tertiary/aromatic N) is 5. The predicted octanol–water partition coefficient (Wildman–Crippen LogP) is 12.6. The first-order valence-electron chi connectivity index (χ1n) is 18.7. The third kappa shape index (κ3) is 6.22. The Morgan fingerprint density at radius 3 is 2.21 bits per heavy atom. The molecule has 0 saturated heterocycles. The van der Waals surface area contributed by atoms with E-state index in [1.54, 1.807) is 11.3 Å². The fraction of sp³-hybridized carbons (Fsp3) is 0.102. The number of hydrogen-bond acceptors (Lipinski definition) is 6. The minimum atomic E-state index is -0.393. The number of pyridine rings is 1. The molecule has 280 valence electrons. The molecule has 0 spiro atoms. The number of phenolic OH excluding ortho intramolecular Hbond substituents is 1. The quantitative estimate of drug-likeness (QED) is 0.174. The minimum absolute atomic E-state index is 0. The molecule has 0 saturated carbocycles. The molecule has 0 bridgehead atoms. The van der Waals surface area contributed by atoms with Crippen molar-refractivity contribution in [3.8, 4) is 62.0 Å². The van der Waals surface area contributed by atoms with Gasteiger partial charge in [0.1, 0.15) is 16.4 Å². The van der Waals surface area contributed by atoms with Gasteiger partial charge in [-0.15, -0.1) is 41.2 Å². The second kappa shape index (κ2) is 14.2. The second-order valence-corrected chi connectivity index (χ2v) is 16.2. The van der Waals surface area contributed by atoms with Crippen molar-refractivity contribution in [3.05, 3.63) is 151 Å². The first-order valence-corrected chi connectivity index (χ1v) is 19.5. The monoisotopic (exact) mass is 937 g/mol. The molecule has 10 rings (SSSR count). The molecule has 0 amide bonds. The fourth-order valence-electron chi connectivity index (χ4n) is 7.85. The number of fused-ring (bicyclic) bond motifs is 6. The second-order valence-electron chi connectivity index (χ2n) is 15.2. The summed E-state index contributed by atoms with van der Waals surface area (Å²) in [5.41, 5.74) is 10.2. The SMILES string of the molecule is Cc1ccc(-c2ccnc(-c3[c-]c(-c4cccc5c4nc(-c4c(O)c6ccccc6c6c4sc4nc(-c7ccccc7)ncc46)n5C(C)(C)C)ccc3)c2)cc1.[Pt]. The summed E-state index contributed by atoms with van der Waals surface area (Å²) in [6.07, 6.45) is 3.79. The Labute approximate surface area is 348 Å². The molecule has 0 fully saturated rings. The van der Waals surface area contributed by atoms with Crippen molar-refractivity contribution in [2.75, 3.05) is 0 Å². The molecular formula is C49H36N5OPtS-. The van der Waals surface area contributed by atoms with E-state index in [1.807, 2.05) is 67.0 Å². The van der Waals surface area contributed by atoms with Gasteiger partial charge in [-0.05, 0) is 56.3 Å². The van der Waals surface area contributed by atoms with Crippen molar-refractivity contribution < 1.29 is 26.2 Å². The fourth-order valence-corrected chi connectivity index (χ4v) is 9.06. The standard InChI is InChI=1S/C49H36N5OS.Pt/c1-29-20-22-30(23-21-29)32-24-25-50-39(27-32)34-15-10-14-33(26-34)35-18-11-19-40-43(35)52-47(54(40)49(2,3)4)42-44(55)37-17-9-8-16-36(37)41-38-28-51-46(31-12-6-5-7-13-31)53-48(38)56-45(41)42;/h5-25,27-28,55H,1-4H3;/q-1;. The van der Waals surface area contributed by atoms with Gasteiger partial charge < -0.3 is 9.67 Å². The summed E-state index contributed by atoms with van der Waals surface area (Å²) in [7, 11) is 0. The van der Waals surface area contributed by atoms with Gasteiger partial charge >= 0.3 is 0 Å². The van der Waals surface area contributed by atoms with Gasteiger partial charge in [0, 0.05) is 66.4 Å². The Bertz CT molecular complexity index is 3150. The molecule has 0 aliphatic carbocycles. The summed E-state index contributed by atoms with van der Waals surface area (Å²) in [4.78, 5) is 21.0. The molecule has 10 aromatic rings. The van der Waals surface area contributed by atoms with Crippen LogP contribution in [0.25, 0.3) is 98.4 Å². The number of para-hydroxylation sites is 1. The molecule has 6 aromatic carbocycles. The van der Waals surface area contributed by atoms with E-state index in [4.69, 9.17) is 19.9 Å². The molecule has 0 atom stereocenters. The van der Waals surface area contributed by atoms with Gasteiger partial charge in [-0.2, -0.15) is 0 Å². The molecule has 4 aromatic heterocycles. The zero-order valence-corrected chi connectivity index (χ0v) is 34.8. The Kier molecular flexibility index (Phi) is 9.11. The molecule has 4 heterocycles. The van der Waals surface area contributed by atoms with Crippen LogP contribution in [0.3, 0.4) is 0 Å². The number of aromatic hydroxyl groups is 1. The van der Waals surface area contributed by atoms with Crippen LogP contribution in [0.15, 0.2) is 140 Å². The largest absolute Gasteiger partial charge is 0.506 e. The number of phenols is 1. The van der Waals surface area contributed by atoms with E-state index in [2.05, 4.69) is 111 Å².